The van der Waals surface area contributed by atoms with E-state index in [-0.39, 0.29) is 5.91 Å². The van der Waals surface area contributed by atoms with E-state index in [4.69, 9.17) is 0 Å². The molecule has 5 nitrogen and oxygen atoms in total. The van der Waals surface area contributed by atoms with Gasteiger partial charge in [0.2, 0.25) is 5.91 Å². The van der Waals surface area contributed by atoms with Gasteiger partial charge in [-0.1, -0.05) is 12.8 Å². The summed E-state index contributed by atoms with van der Waals surface area (Å²) in [6.45, 7) is 0.400. The Morgan fingerprint density at radius 1 is 1.21 bits per heavy atom. The Balaban J connectivity index is 1.93. The Morgan fingerprint density at radius 2 is 1.84 bits per heavy atom. The smallest absolute Gasteiger partial charge is 0.224 e. The molecule has 1 aliphatic carbocycles. The van der Waals surface area contributed by atoms with Gasteiger partial charge in [-0.05, 0) is 30.5 Å². The summed E-state index contributed by atoms with van der Waals surface area (Å²) >= 11 is 0. The topological polar surface area (TPSA) is 82.1 Å². The molecule has 1 saturated carbocycles. The minimum Gasteiger partial charge on any atom is -0.550 e. The molecule has 19 heavy (non-hydrogen) atoms. The van der Waals surface area contributed by atoms with Crippen molar-refractivity contribution in [2.75, 3.05) is 0 Å². The Morgan fingerprint density at radius 3 is 2.47 bits per heavy atom. The van der Waals surface area contributed by atoms with E-state index in [1.807, 2.05) is 12.1 Å². The molecule has 1 aliphatic rings. The minimum absolute atomic E-state index is 0.189. The van der Waals surface area contributed by atoms with Crippen LogP contribution < -0.4 is 10.4 Å². The molecule has 0 aromatic carbocycles. The summed E-state index contributed by atoms with van der Waals surface area (Å²) in [6.07, 6.45) is 6.23. The number of rotatable bonds is 4. The van der Waals surface area contributed by atoms with Crippen molar-refractivity contribution >= 4 is 11.9 Å². The summed E-state index contributed by atoms with van der Waals surface area (Å²) in [5.41, 5.74) is 0.948. The first-order chi connectivity index (χ1) is 9.18. The molecule has 0 radical (unpaired) electrons. The van der Waals surface area contributed by atoms with Crippen LogP contribution in [0.2, 0.25) is 0 Å². The van der Waals surface area contributed by atoms with E-state index in [9.17, 15) is 14.7 Å². The van der Waals surface area contributed by atoms with Crippen LogP contribution in [0.1, 0.15) is 31.2 Å². The van der Waals surface area contributed by atoms with Gasteiger partial charge < -0.3 is 15.2 Å². The monoisotopic (exact) mass is 261 g/mol. The maximum Gasteiger partial charge on any atom is 0.224 e. The number of pyridine rings is 1. The lowest BCUT2D eigenvalue weighted by atomic mass is 9.78. The molecular weight excluding hydrogens is 244 g/mol. The first kappa shape index (κ1) is 13.5. The van der Waals surface area contributed by atoms with Crippen LogP contribution in [0.5, 0.6) is 0 Å². The highest BCUT2D eigenvalue weighted by atomic mass is 16.4. The second-order valence-electron chi connectivity index (χ2n) is 4.89. The van der Waals surface area contributed by atoms with Crippen LogP contribution in [0.3, 0.4) is 0 Å². The second kappa shape index (κ2) is 6.31. The minimum atomic E-state index is -1.11. The number of nitrogens with zero attached hydrogens (tertiary/aromatic N) is 1. The lowest BCUT2D eigenvalue weighted by Crippen LogP contribution is -2.44. The largest absolute Gasteiger partial charge is 0.550 e. The highest BCUT2D eigenvalue weighted by molar-refractivity contribution is 5.84. The first-order valence-corrected chi connectivity index (χ1v) is 6.56. The van der Waals surface area contributed by atoms with Crippen LogP contribution in [-0.2, 0) is 16.1 Å². The first-order valence-electron chi connectivity index (χ1n) is 6.56. The lowest BCUT2D eigenvalue weighted by molar-refractivity contribution is -0.314. The van der Waals surface area contributed by atoms with Crippen LogP contribution in [0.15, 0.2) is 24.5 Å². The van der Waals surface area contributed by atoms with Crippen molar-refractivity contribution in [3.05, 3.63) is 30.1 Å². The Bertz CT molecular complexity index is 447. The summed E-state index contributed by atoms with van der Waals surface area (Å²) in [5, 5.41) is 13.8. The van der Waals surface area contributed by atoms with Gasteiger partial charge in [0.1, 0.15) is 0 Å². The number of aliphatic carboxylic acids is 1. The zero-order chi connectivity index (χ0) is 13.7. The Labute approximate surface area is 112 Å². The van der Waals surface area contributed by atoms with E-state index in [1.54, 1.807) is 12.4 Å². The van der Waals surface area contributed by atoms with Gasteiger partial charge in [0, 0.05) is 36.7 Å². The normalized spacial score (nSPS) is 22.7. The number of hydrogen-bond donors (Lipinski definition) is 1. The molecule has 1 N–H and O–H groups in total. The van der Waals surface area contributed by atoms with Crippen molar-refractivity contribution < 1.29 is 14.7 Å². The Hall–Kier alpha value is -1.91. The molecule has 0 saturated heterocycles. The number of carboxylic acid groups (broad SMARTS) is 1. The molecule has 102 valence electrons. The number of carbonyl (C=O) groups is 2. The molecule has 1 heterocycles. The average molecular weight is 261 g/mol. The molecule has 5 heteroatoms. The van der Waals surface area contributed by atoms with E-state index >= 15 is 0 Å². The number of carbonyl (C=O) groups excluding carboxylic acids is 2. The summed E-state index contributed by atoms with van der Waals surface area (Å²) in [5.74, 6) is -2.40. The molecule has 1 amide bonds. The number of carboxylic acids is 1. The molecule has 0 unspecified atom stereocenters. The van der Waals surface area contributed by atoms with Crippen LogP contribution >= 0.6 is 0 Å². The average Bonchev–Trinajstić information content (AvgIpc) is 2.46. The molecule has 1 fully saturated rings. The van der Waals surface area contributed by atoms with Crippen molar-refractivity contribution in [2.45, 2.75) is 32.2 Å². The van der Waals surface area contributed by atoms with Gasteiger partial charge >= 0.3 is 0 Å². The molecule has 1 aromatic heterocycles. The van der Waals surface area contributed by atoms with Crippen LogP contribution in [-0.4, -0.2) is 16.9 Å². The fourth-order valence-corrected chi connectivity index (χ4v) is 2.55. The third kappa shape index (κ3) is 3.53. The highest BCUT2D eigenvalue weighted by Crippen LogP contribution is 2.29. The summed E-state index contributed by atoms with van der Waals surface area (Å²) < 4.78 is 0. The quantitative estimate of drug-likeness (QED) is 0.842. The van der Waals surface area contributed by atoms with Gasteiger partial charge in [-0.3, -0.25) is 9.78 Å². The third-order valence-electron chi connectivity index (χ3n) is 3.62. The van der Waals surface area contributed by atoms with Crippen LogP contribution in [0, 0.1) is 11.8 Å². The fourth-order valence-electron chi connectivity index (χ4n) is 2.55. The second-order valence-corrected chi connectivity index (χ2v) is 4.89. The van der Waals surface area contributed by atoms with E-state index in [1.165, 1.54) is 0 Å². The SMILES string of the molecule is O=C([O-])[C@H]1CCCC[C@@H]1C(=O)NCc1ccncc1. The van der Waals surface area contributed by atoms with Crippen molar-refractivity contribution in [3.8, 4) is 0 Å². The number of hydrogen-bond acceptors (Lipinski definition) is 4. The number of aromatic nitrogens is 1. The third-order valence-corrected chi connectivity index (χ3v) is 3.62. The summed E-state index contributed by atoms with van der Waals surface area (Å²) in [7, 11) is 0. The van der Waals surface area contributed by atoms with Crippen molar-refractivity contribution in [2.24, 2.45) is 11.8 Å². The van der Waals surface area contributed by atoms with E-state index in [0.29, 0.717) is 19.4 Å². The van der Waals surface area contributed by atoms with Crippen LogP contribution in [0.25, 0.3) is 0 Å². The fraction of sp³-hybridized carbons (Fsp3) is 0.500. The van der Waals surface area contributed by atoms with Crippen molar-refractivity contribution in [3.63, 3.8) is 0 Å². The standard InChI is InChI=1S/C14H18N2O3/c17-13(16-9-10-5-7-15-8-6-10)11-3-1-2-4-12(11)14(18)19/h5-8,11-12H,1-4,9H2,(H,16,17)(H,18,19)/p-1/t11-,12-/m0/s1. The maximum atomic E-state index is 12.1. The zero-order valence-corrected chi connectivity index (χ0v) is 10.7. The van der Waals surface area contributed by atoms with E-state index < -0.39 is 17.8 Å². The van der Waals surface area contributed by atoms with E-state index in [2.05, 4.69) is 10.3 Å². The van der Waals surface area contributed by atoms with Gasteiger partial charge in [-0.25, -0.2) is 0 Å². The van der Waals surface area contributed by atoms with Gasteiger partial charge in [0.25, 0.3) is 0 Å². The predicted molar refractivity (Wildman–Crippen MR) is 66.5 cm³/mol. The maximum absolute atomic E-state index is 12.1. The van der Waals surface area contributed by atoms with Crippen molar-refractivity contribution in [1.82, 2.24) is 10.3 Å². The van der Waals surface area contributed by atoms with Gasteiger partial charge in [-0.15, -0.1) is 0 Å². The van der Waals surface area contributed by atoms with E-state index in [0.717, 1.165) is 18.4 Å². The van der Waals surface area contributed by atoms with Crippen molar-refractivity contribution in [1.29, 1.82) is 0 Å². The molecule has 0 bridgehead atoms. The summed E-state index contributed by atoms with van der Waals surface area (Å²) in [6, 6.07) is 3.63. The number of amides is 1. The zero-order valence-electron chi connectivity index (χ0n) is 10.7. The molecule has 0 aliphatic heterocycles. The molecular formula is C14H17N2O3-. The Kier molecular flexibility index (Phi) is 4.49. The molecule has 1 aromatic rings. The van der Waals surface area contributed by atoms with Gasteiger partial charge in [0.05, 0.1) is 0 Å². The predicted octanol–water partition coefficient (Wildman–Crippen LogP) is 0.254. The lowest BCUT2D eigenvalue weighted by Gasteiger charge is -2.31. The summed E-state index contributed by atoms with van der Waals surface area (Å²) in [4.78, 5) is 27.0. The number of nitrogens with one attached hydrogen (secondary N) is 1. The van der Waals surface area contributed by atoms with Crippen LogP contribution in [0.4, 0.5) is 0 Å². The highest BCUT2D eigenvalue weighted by Gasteiger charge is 2.31. The van der Waals surface area contributed by atoms with Gasteiger partial charge in [0.15, 0.2) is 0 Å². The molecule has 2 atom stereocenters. The molecule has 2 rings (SSSR count). The molecule has 0 spiro atoms. The van der Waals surface area contributed by atoms with Gasteiger partial charge in [-0.2, -0.15) is 0 Å².